The topological polar surface area (TPSA) is 69.6 Å². The van der Waals surface area contributed by atoms with E-state index in [1.165, 1.54) is 23.5 Å². The molecule has 1 unspecified atom stereocenters. The number of aromatic hydroxyl groups is 1. The molecule has 0 aliphatic heterocycles. The van der Waals surface area contributed by atoms with Gasteiger partial charge in [-0.3, -0.25) is 14.5 Å². The van der Waals surface area contributed by atoms with E-state index in [4.69, 9.17) is 0 Å². The zero-order valence-corrected chi connectivity index (χ0v) is 18.6. The quantitative estimate of drug-likeness (QED) is 0.566. The summed E-state index contributed by atoms with van der Waals surface area (Å²) in [6.07, 6.45) is 8.28. The van der Waals surface area contributed by atoms with Crippen LogP contribution in [0.15, 0.2) is 65.2 Å². The number of phenolic OH excluding ortho intramolecular Hbond substituents is 1. The molecule has 30 heavy (non-hydrogen) atoms. The van der Waals surface area contributed by atoms with Gasteiger partial charge in [0.1, 0.15) is 11.8 Å². The van der Waals surface area contributed by atoms with Gasteiger partial charge in [0.25, 0.3) is 5.91 Å². The van der Waals surface area contributed by atoms with Gasteiger partial charge in [0.2, 0.25) is 5.91 Å². The number of allylic oxidation sites excluding steroid dienone is 1. The van der Waals surface area contributed by atoms with E-state index < -0.39 is 6.04 Å². The van der Waals surface area contributed by atoms with Crippen molar-refractivity contribution in [1.82, 2.24) is 5.32 Å². The van der Waals surface area contributed by atoms with Gasteiger partial charge in [-0.15, -0.1) is 0 Å². The van der Waals surface area contributed by atoms with Gasteiger partial charge in [0.15, 0.2) is 0 Å². The van der Waals surface area contributed by atoms with Crippen LogP contribution in [0.2, 0.25) is 0 Å². The molecule has 5 nitrogen and oxygen atoms in total. The van der Waals surface area contributed by atoms with E-state index in [9.17, 15) is 14.7 Å². The van der Waals surface area contributed by atoms with Crippen LogP contribution in [0, 0.1) is 0 Å². The Labute approximate surface area is 185 Å². The number of hydrogen-bond donors (Lipinski definition) is 2. The lowest BCUT2D eigenvalue weighted by Crippen LogP contribution is -2.47. The predicted octanol–water partition coefficient (Wildman–Crippen LogP) is 5.25. The van der Waals surface area contributed by atoms with E-state index in [1.807, 2.05) is 24.3 Å². The van der Waals surface area contributed by atoms with Crippen molar-refractivity contribution in [3.63, 3.8) is 0 Å². The van der Waals surface area contributed by atoms with Crippen LogP contribution >= 0.6 is 15.9 Å². The number of hydrogen-bond acceptors (Lipinski definition) is 3. The van der Waals surface area contributed by atoms with Gasteiger partial charge in [-0.05, 0) is 49.6 Å². The molecule has 0 aromatic heterocycles. The number of phenols is 1. The standard InChI is InChI=1S/C24H27BrN2O3/c1-2-10-22(29)27(20-15-8-9-16-21(20)28)23(18-13-6-7-14-19(18)25)24(30)26-17-11-4-3-5-12-17/h2,6-10,13-17,23,28H,3-5,11-12H2,1H3,(H,26,30)/b10-2+. The van der Waals surface area contributed by atoms with Crippen LogP contribution in [-0.4, -0.2) is 23.0 Å². The molecule has 2 aromatic rings. The summed E-state index contributed by atoms with van der Waals surface area (Å²) < 4.78 is 0.725. The summed E-state index contributed by atoms with van der Waals surface area (Å²) >= 11 is 3.54. The molecular weight excluding hydrogens is 444 g/mol. The fraction of sp³-hybridized carbons (Fsp3) is 0.333. The maximum Gasteiger partial charge on any atom is 0.251 e. The average molecular weight is 471 g/mol. The summed E-state index contributed by atoms with van der Waals surface area (Å²) in [5, 5.41) is 13.7. The fourth-order valence-corrected chi connectivity index (χ4v) is 4.40. The summed E-state index contributed by atoms with van der Waals surface area (Å²) in [6, 6.07) is 13.1. The lowest BCUT2D eigenvalue weighted by molar-refractivity contribution is -0.126. The average Bonchev–Trinajstić information content (AvgIpc) is 2.74. The molecule has 2 amide bonds. The van der Waals surface area contributed by atoms with Crippen molar-refractivity contribution in [3.05, 3.63) is 70.7 Å². The lowest BCUT2D eigenvalue weighted by Gasteiger charge is -2.33. The highest BCUT2D eigenvalue weighted by Crippen LogP contribution is 2.37. The highest BCUT2D eigenvalue weighted by Gasteiger charge is 2.35. The maximum absolute atomic E-state index is 13.6. The Morgan fingerprint density at radius 2 is 1.77 bits per heavy atom. The minimum absolute atomic E-state index is 0.0575. The number of anilines is 1. The molecule has 2 aromatic carbocycles. The highest BCUT2D eigenvalue weighted by atomic mass is 79.9. The molecule has 1 aliphatic rings. The summed E-state index contributed by atoms with van der Waals surface area (Å²) in [7, 11) is 0. The first-order valence-electron chi connectivity index (χ1n) is 10.3. The van der Waals surface area contributed by atoms with Gasteiger partial charge >= 0.3 is 0 Å². The molecule has 1 aliphatic carbocycles. The zero-order chi connectivity index (χ0) is 21.5. The number of halogens is 1. The molecule has 6 heteroatoms. The van der Waals surface area contributed by atoms with E-state index >= 15 is 0 Å². The monoisotopic (exact) mass is 470 g/mol. The second-order valence-corrected chi connectivity index (χ2v) is 8.32. The Balaban J connectivity index is 2.09. The Morgan fingerprint density at radius 3 is 2.43 bits per heavy atom. The number of carbonyl (C=O) groups excluding carboxylic acids is 2. The van der Waals surface area contributed by atoms with Crippen LogP contribution in [0.3, 0.4) is 0 Å². The van der Waals surface area contributed by atoms with Crippen molar-refractivity contribution in [1.29, 1.82) is 0 Å². The maximum atomic E-state index is 13.6. The Kier molecular flexibility index (Phi) is 7.69. The molecule has 1 saturated carbocycles. The zero-order valence-electron chi connectivity index (χ0n) is 17.1. The minimum Gasteiger partial charge on any atom is -0.506 e. The van der Waals surface area contributed by atoms with E-state index in [1.54, 1.807) is 31.2 Å². The third kappa shape index (κ3) is 5.11. The molecule has 0 radical (unpaired) electrons. The first-order chi connectivity index (χ1) is 14.5. The third-order valence-corrected chi connectivity index (χ3v) is 6.07. The number of para-hydroxylation sites is 2. The molecule has 0 bridgehead atoms. The number of rotatable bonds is 6. The third-order valence-electron chi connectivity index (χ3n) is 5.35. The van der Waals surface area contributed by atoms with Gasteiger partial charge < -0.3 is 10.4 Å². The number of amides is 2. The van der Waals surface area contributed by atoms with E-state index in [0.29, 0.717) is 11.3 Å². The SMILES string of the molecule is C/C=C/C(=O)N(c1ccccc1O)C(C(=O)NC1CCCCC1)c1ccccc1Br. The first-order valence-corrected chi connectivity index (χ1v) is 11.1. The molecule has 0 heterocycles. The van der Waals surface area contributed by atoms with Gasteiger partial charge in [0.05, 0.1) is 5.69 Å². The van der Waals surface area contributed by atoms with Crippen LogP contribution in [0.25, 0.3) is 0 Å². The van der Waals surface area contributed by atoms with E-state index in [-0.39, 0.29) is 23.6 Å². The summed E-state index contributed by atoms with van der Waals surface area (Å²) in [6.45, 7) is 1.75. The fourth-order valence-electron chi connectivity index (χ4n) is 3.90. The van der Waals surface area contributed by atoms with Crippen molar-refractivity contribution in [2.75, 3.05) is 4.90 Å². The predicted molar refractivity (Wildman–Crippen MR) is 122 cm³/mol. The number of nitrogens with zero attached hydrogens (tertiary/aromatic N) is 1. The van der Waals surface area contributed by atoms with Gasteiger partial charge in [-0.1, -0.05) is 71.6 Å². The largest absolute Gasteiger partial charge is 0.506 e. The Morgan fingerprint density at radius 1 is 1.10 bits per heavy atom. The molecule has 0 spiro atoms. The first kappa shape index (κ1) is 22.1. The molecule has 0 saturated heterocycles. The smallest absolute Gasteiger partial charge is 0.251 e. The second kappa shape index (κ2) is 10.4. The van der Waals surface area contributed by atoms with Crippen molar-refractivity contribution in [2.24, 2.45) is 0 Å². The Bertz CT molecular complexity index is 922. The van der Waals surface area contributed by atoms with E-state index in [0.717, 1.165) is 30.2 Å². The van der Waals surface area contributed by atoms with Gasteiger partial charge in [-0.2, -0.15) is 0 Å². The van der Waals surface area contributed by atoms with Crippen LogP contribution in [0.1, 0.15) is 50.6 Å². The van der Waals surface area contributed by atoms with Crippen molar-refractivity contribution in [2.45, 2.75) is 51.1 Å². The van der Waals surface area contributed by atoms with Crippen LogP contribution < -0.4 is 10.2 Å². The van der Waals surface area contributed by atoms with Crippen LogP contribution in [0.4, 0.5) is 5.69 Å². The van der Waals surface area contributed by atoms with E-state index in [2.05, 4.69) is 21.2 Å². The number of carbonyl (C=O) groups is 2. The summed E-state index contributed by atoms with van der Waals surface area (Å²) in [5.74, 6) is -0.689. The molecule has 3 rings (SSSR count). The number of nitrogens with one attached hydrogen (secondary N) is 1. The van der Waals surface area contributed by atoms with Gasteiger partial charge in [-0.25, -0.2) is 0 Å². The summed E-state index contributed by atoms with van der Waals surface area (Å²) in [5.41, 5.74) is 0.951. The normalized spacial score (nSPS) is 15.7. The van der Waals surface area contributed by atoms with Crippen LogP contribution in [-0.2, 0) is 9.59 Å². The lowest BCUT2D eigenvalue weighted by atomic mass is 9.94. The molecule has 1 atom stereocenters. The Hall–Kier alpha value is -2.60. The summed E-state index contributed by atoms with van der Waals surface area (Å²) in [4.78, 5) is 28.1. The van der Waals surface area contributed by atoms with Gasteiger partial charge in [0, 0.05) is 10.5 Å². The van der Waals surface area contributed by atoms with Crippen LogP contribution in [0.5, 0.6) is 5.75 Å². The minimum atomic E-state index is -0.931. The van der Waals surface area contributed by atoms with Crippen molar-refractivity contribution in [3.8, 4) is 5.75 Å². The highest BCUT2D eigenvalue weighted by molar-refractivity contribution is 9.10. The molecule has 1 fully saturated rings. The molecular formula is C24H27BrN2O3. The second-order valence-electron chi connectivity index (χ2n) is 7.46. The molecule has 158 valence electrons. The number of benzene rings is 2. The molecule has 2 N–H and O–H groups in total. The van der Waals surface area contributed by atoms with Crippen molar-refractivity contribution >= 4 is 33.4 Å². The van der Waals surface area contributed by atoms with Crippen molar-refractivity contribution < 1.29 is 14.7 Å².